The van der Waals surface area contributed by atoms with E-state index in [4.69, 9.17) is 0 Å². The lowest BCUT2D eigenvalue weighted by Gasteiger charge is -2.12. The molecule has 0 bridgehead atoms. The molecule has 0 aromatic rings. The molecule has 1 atom stereocenters. The van der Waals surface area contributed by atoms with Gasteiger partial charge in [-0.25, -0.2) is 0 Å². The summed E-state index contributed by atoms with van der Waals surface area (Å²) in [5.74, 6) is 1.01. The topological polar surface area (TPSA) is 0 Å². The van der Waals surface area contributed by atoms with Crippen LogP contribution in [0.4, 0.5) is 0 Å². The monoisotopic (exact) mass is 211 g/mol. The molecule has 0 saturated carbocycles. The molecule has 0 aliphatic heterocycles. The Morgan fingerprint density at radius 1 is 0.800 bits per heavy atom. The second-order valence-corrected chi connectivity index (χ2v) is 4.83. The van der Waals surface area contributed by atoms with E-state index in [0.717, 1.165) is 12.3 Å². The van der Waals surface area contributed by atoms with Crippen LogP contribution >= 0.6 is 0 Å². The molecular formula is C15H31. The SMILES string of the molecule is [CH2]CCCCCCCCC(CC)CCC. The van der Waals surface area contributed by atoms with Crippen LogP contribution < -0.4 is 0 Å². The van der Waals surface area contributed by atoms with Gasteiger partial charge in [0.15, 0.2) is 0 Å². The van der Waals surface area contributed by atoms with Gasteiger partial charge < -0.3 is 0 Å². The molecule has 15 heavy (non-hydrogen) atoms. The van der Waals surface area contributed by atoms with Crippen molar-refractivity contribution in [2.45, 2.75) is 84.5 Å². The van der Waals surface area contributed by atoms with Gasteiger partial charge in [0.2, 0.25) is 0 Å². The Kier molecular flexibility index (Phi) is 12.1. The van der Waals surface area contributed by atoms with E-state index in [1.54, 1.807) is 0 Å². The highest BCUT2D eigenvalue weighted by Crippen LogP contribution is 2.19. The summed E-state index contributed by atoms with van der Waals surface area (Å²) < 4.78 is 0. The van der Waals surface area contributed by atoms with Gasteiger partial charge in [-0.05, 0) is 5.92 Å². The number of unbranched alkanes of at least 4 members (excludes halogenated alkanes) is 6. The van der Waals surface area contributed by atoms with E-state index in [1.807, 2.05) is 0 Å². The lowest BCUT2D eigenvalue weighted by molar-refractivity contribution is 0.408. The third-order valence-electron chi connectivity index (χ3n) is 3.39. The number of hydrogen-bond acceptors (Lipinski definition) is 0. The van der Waals surface area contributed by atoms with Crippen molar-refractivity contribution in [3.8, 4) is 0 Å². The number of hydrogen-bond donors (Lipinski definition) is 0. The average Bonchev–Trinajstić information content (AvgIpc) is 2.26. The minimum absolute atomic E-state index is 1.01. The average molecular weight is 211 g/mol. The van der Waals surface area contributed by atoms with Gasteiger partial charge >= 0.3 is 0 Å². The van der Waals surface area contributed by atoms with E-state index >= 15 is 0 Å². The summed E-state index contributed by atoms with van der Waals surface area (Å²) in [7, 11) is 0. The van der Waals surface area contributed by atoms with Gasteiger partial charge in [0.1, 0.15) is 0 Å². The normalized spacial score (nSPS) is 13.0. The Hall–Kier alpha value is 0. The van der Waals surface area contributed by atoms with E-state index in [2.05, 4.69) is 20.8 Å². The minimum atomic E-state index is 1.01. The Morgan fingerprint density at radius 3 is 1.93 bits per heavy atom. The van der Waals surface area contributed by atoms with Gasteiger partial charge in [-0.2, -0.15) is 0 Å². The zero-order valence-electron chi connectivity index (χ0n) is 11.1. The fourth-order valence-electron chi connectivity index (χ4n) is 2.28. The van der Waals surface area contributed by atoms with E-state index in [1.165, 1.54) is 64.2 Å². The highest BCUT2D eigenvalue weighted by Gasteiger charge is 2.03. The van der Waals surface area contributed by atoms with Gasteiger partial charge in [-0.3, -0.25) is 0 Å². The van der Waals surface area contributed by atoms with Crippen LogP contribution in [0.25, 0.3) is 0 Å². The summed E-state index contributed by atoms with van der Waals surface area (Å²) in [4.78, 5) is 0. The molecule has 91 valence electrons. The first-order chi connectivity index (χ1) is 7.35. The maximum atomic E-state index is 3.87. The van der Waals surface area contributed by atoms with Crippen molar-refractivity contribution in [3.05, 3.63) is 6.92 Å². The van der Waals surface area contributed by atoms with Crippen LogP contribution in [0.2, 0.25) is 0 Å². The molecule has 0 fully saturated rings. The zero-order valence-corrected chi connectivity index (χ0v) is 11.1. The van der Waals surface area contributed by atoms with Crippen molar-refractivity contribution in [1.82, 2.24) is 0 Å². The van der Waals surface area contributed by atoms with E-state index in [0.29, 0.717) is 0 Å². The quantitative estimate of drug-likeness (QED) is 0.381. The maximum absolute atomic E-state index is 3.87. The van der Waals surface area contributed by atoms with Crippen molar-refractivity contribution < 1.29 is 0 Å². The Bertz CT molecular complexity index is 107. The molecule has 0 heterocycles. The van der Waals surface area contributed by atoms with Gasteiger partial charge in [-0.1, -0.05) is 91.4 Å². The molecule has 0 N–H and O–H groups in total. The molecule has 0 heteroatoms. The predicted octanol–water partition coefficient (Wildman–Crippen LogP) is 5.77. The first kappa shape index (κ1) is 15.0. The lowest BCUT2D eigenvalue weighted by atomic mass is 9.94. The molecule has 0 aliphatic rings. The maximum Gasteiger partial charge on any atom is -0.0417 e. The summed E-state index contributed by atoms with van der Waals surface area (Å²) >= 11 is 0. The highest BCUT2D eigenvalue weighted by molar-refractivity contribution is 4.57. The fraction of sp³-hybridized carbons (Fsp3) is 0.933. The second kappa shape index (κ2) is 12.1. The molecule has 1 unspecified atom stereocenters. The van der Waals surface area contributed by atoms with Gasteiger partial charge in [0.25, 0.3) is 0 Å². The Labute approximate surface area is 97.8 Å². The highest BCUT2D eigenvalue weighted by atomic mass is 14.1. The first-order valence-corrected chi connectivity index (χ1v) is 7.14. The largest absolute Gasteiger partial charge is 0.0654 e. The zero-order chi connectivity index (χ0) is 11.4. The fourth-order valence-corrected chi connectivity index (χ4v) is 2.28. The Morgan fingerprint density at radius 2 is 1.40 bits per heavy atom. The van der Waals surface area contributed by atoms with Crippen LogP contribution in [0.3, 0.4) is 0 Å². The van der Waals surface area contributed by atoms with Crippen LogP contribution in [0, 0.1) is 12.8 Å². The smallest absolute Gasteiger partial charge is 0.0417 e. The molecule has 0 nitrogen and oxygen atoms in total. The van der Waals surface area contributed by atoms with Crippen molar-refractivity contribution in [2.24, 2.45) is 5.92 Å². The summed E-state index contributed by atoms with van der Waals surface area (Å²) in [6.45, 7) is 8.52. The number of rotatable bonds is 11. The lowest BCUT2D eigenvalue weighted by Crippen LogP contribution is -1.97. The standard InChI is InChI=1S/C15H31/c1-4-7-8-9-10-11-12-14-15(6-3)13-5-2/h15H,1,4-14H2,2-3H3. The second-order valence-electron chi connectivity index (χ2n) is 4.83. The molecule has 0 spiro atoms. The summed E-state index contributed by atoms with van der Waals surface area (Å²) in [5.41, 5.74) is 0. The van der Waals surface area contributed by atoms with E-state index in [9.17, 15) is 0 Å². The van der Waals surface area contributed by atoms with Crippen LogP contribution in [0.5, 0.6) is 0 Å². The van der Waals surface area contributed by atoms with Crippen molar-refractivity contribution in [3.63, 3.8) is 0 Å². The van der Waals surface area contributed by atoms with Crippen molar-refractivity contribution in [1.29, 1.82) is 0 Å². The molecule has 0 aliphatic carbocycles. The van der Waals surface area contributed by atoms with Gasteiger partial charge in [0.05, 0.1) is 0 Å². The summed E-state index contributed by atoms with van der Waals surface area (Å²) in [6.07, 6.45) is 15.3. The van der Waals surface area contributed by atoms with Gasteiger partial charge in [-0.15, -0.1) is 0 Å². The molecule has 0 amide bonds. The molecule has 0 aromatic heterocycles. The molecule has 1 radical (unpaired) electrons. The first-order valence-electron chi connectivity index (χ1n) is 7.14. The minimum Gasteiger partial charge on any atom is -0.0654 e. The predicted molar refractivity (Wildman–Crippen MR) is 71.0 cm³/mol. The summed E-state index contributed by atoms with van der Waals surface area (Å²) in [6, 6.07) is 0. The summed E-state index contributed by atoms with van der Waals surface area (Å²) in [5, 5.41) is 0. The van der Waals surface area contributed by atoms with Crippen LogP contribution in [-0.4, -0.2) is 0 Å². The van der Waals surface area contributed by atoms with Crippen molar-refractivity contribution >= 4 is 0 Å². The molecule has 0 rings (SSSR count). The van der Waals surface area contributed by atoms with Crippen LogP contribution in [0.1, 0.15) is 84.5 Å². The van der Waals surface area contributed by atoms with Gasteiger partial charge in [0, 0.05) is 0 Å². The third kappa shape index (κ3) is 10.3. The van der Waals surface area contributed by atoms with E-state index < -0.39 is 0 Å². The van der Waals surface area contributed by atoms with E-state index in [-0.39, 0.29) is 0 Å². The Balaban J connectivity index is 3.14. The molecular weight excluding hydrogens is 180 g/mol. The third-order valence-corrected chi connectivity index (χ3v) is 3.39. The molecule has 0 saturated heterocycles. The molecule has 0 aromatic carbocycles. The van der Waals surface area contributed by atoms with Crippen LogP contribution in [-0.2, 0) is 0 Å². The van der Waals surface area contributed by atoms with Crippen molar-refractivity contribution in [2.75, 3.05) is 0 Å². The van der Waals surface area contributed by atoms with Crippen LogP contribution in [0.15, 0.2) is 0 Å².